The second-order valence-electron chi connectivity index (χ2n) is 4.03. The highest BCUT2D eigenvalue weighted by Crippen LogP contribution is 2.25. The van der Waals surface area contributed by atoms with Gasteiger partial charge in [-0.3, -0.25) is 4.79 Å². The van der Waals surface area contributed by atoms with Gasteiger partial charge in [-0.15, -0.1) is 0 Å². The fraction of sp³-hybridized carbons (Fsp3) is 0.0714. The minimum atomic E-state index is -0.273. The number of carbonyl (C=O) groups excluding carboxylic acids is 1. The van der Waals surface area contributed by atoms with Crippen LogP contribution >= 0.6 is 27.5 Å². The van der Waals surface area contributed by atoms with E-state index in [0.29, 0.717) is 22.1 Å². The summed E-state index contributed by atoms with van der Waals surface area (Å²) in [6.45, 7) is -0.0944. The van der Waals surface area contributed by atoms with Gasteiger partial charge in [0.15, 0.2) is 6.61 Å². The van der Waals surface area contributed by atoms with E-state index in [1.807, 2.05) is 0 Å². The van der Waals surface area contributed by atoms with Crippen LogP contribution in [0.1, 0.15) is 0 Å². The lowest BCUT2D eigenvalue weighted by atomic mass is 10.3. The SMILES string of the molecule is Nc1ccc(OCC(=O)Nc2cc(Cl)ccc2Br)cc1. The van der Waals surface area contributed by atoms with E-state index in [1.54, 1.807) is 42.5 Å². The number of benzene rings is 2. The van der Waals surface area contributed by atoms with Crippen molar-refractivity contribution < 1.29 is 9.53 Å². The van der Waals surface area contributed by atoms with Crippen molar-refractivity contribution in [1.82, 2.24) is 0 Å². The van der Waals surface area contributed by atoms with Crippen molar-refractivity contribution in [3.63, 3.8) is 0 Å². The van der Waals surface area contributed by atoms with Crippen LogP contribution in [-0.2, 0) is 4.79 Å². The number of hydrogen-bond donors (Lipinski definition) is 2. The Kier molecular flexibility index (Phi) is 4.87. The van der Waals surface area contributed by atoms with Crippen LogP contribution in [0.4, 0.5) is 11.4 Å². The number of nitrogens with two attached hydrogens (primary N) is 1. The molecule has 0 fully saturated rings. The smallest absolute Gasteiger partial charge is 0.262 e. The number of anilines is 2. The molecule has 0 bridgehead atoms. The number of rotatable bonds is 4. The fourth-order valence-electron chi connectivity index (χ4n) is 1.49. The molecule has 0 radical (unpaired) electrons. The van der Waals surface area contributed by atoms with Crippen molar-refractivity contribution in [2.45, 2.75) is 0 Å². The lowest BCUT2D eigenvalue weighted by Crippen LogP contribution is -2.20. The molecule has 20 heavy (non-hydrogen) atoms. The number of halogens is 2. The molecule has 4 nitrogen and oxygen atoms in total. The average molecular weight is 356 g/mol. The van der Waals surface area contributed by atoms with Gasteiger partial charge < -0.3 is 15.8 Å². The first-order valence-corrected chi connectivity index (χ1v) is 6.95. The van der Waals surface area contributed by atoms with Gasteiger partial charge in [-0.1, -0.05) is 11.6 Å². The van der Waals surface area contributed by atoms with Crippen LogP contribution in [0.5, 0.6) is 5.75 Å². The molecule has 0 aliphatic heterocycles. The van der Waals surface area contributed by atoms with Crippen molar-refractivity contribution in [2.24, 2.45) is 0 Å². The number of carbonyl (C=O) groups is 1. The van der Waals surface area contributed by atoms with Crippen molar-refractivity contribution in [1.29, 1.82) is 0 Å². The maximum atomic E-state index is 11.8. The van der Waals surface area contributed by atoms with E-state index in [0.717, 1.165) is 4.47 Å². The molecule has 0 heterocycles. The summed E-state index contributed by atoms with van der Waals surface area (Å²) < 4.78 is 6.10. The van der Waals surface area contributed by atoms with E-state index in [-0.39, 0.29) is 12.5 Å². The topological polar surface area (TPSA) is 64.3 Å². The molecule has 104 valence electrons. The van der Waals surface area contributed by atoms with E-state index < -0.39 is 0 Å². The lowest BCUT2D eigenvalue weighted by molar-refractivity contribution is -0.118. The number of amides is 1. The van der Waals surface area contributed by atoms with E-state index in [4.69, 9.17) is 22.1 Å². The molecule has 2 aromatic carbocycles. The Morgan fingerprint density at radius 1 is 1.25 bits per heavy atom. The molecule has 0 unspecified atom stereocenters. The van der Waals surface area contributed by atoms with Crippen LogP contribution in [0, 0.1) is 0 Å². The Morgan fingerprint density at radius 3 is 2.65 bits per heavy atom. The van der Waals surface area contributed by atoms with Crippen LogP contribution in [0.15, 0.2) is 46.9 Å². The quantitative estimate of drug-likeness (QED) is 0.822. The third-order valence-electron chi connectivity index (χ3n) is 2.45. The highest BCUT2D eigenvalue weighted by Gasteiger charge is 2.07. The molecule has 1 amide bonds. The van der Waals surface area contributed by atoms with Crippen LogP contribution in [0.25, 0.3) is 0 Å². The molecule has 6 heteroatoms. The normalized spacial score (nSPS) is 10.1. The van der Waals surface area contributed by atoms with E-state index in [2.05, 4.69) is 21.2 Å². The van der Waals surface area contributed by atoms with E-state index >= 15 is 0 Å². The van der Waals surface area contributed by atoms with E-state index in [9.17, 15) is 4.79 Å². The minimum Gasteiger partial charge on any atom is -0.484 e. The summed E-state index contributed by atoms with van der Waals surface area (Å²) in [6, 6.07) is 12.0. The maximum Gasteiger partial charge on any atom is 0.262 e. The van der Waals surface area contributed by atoms with E-state index in [1.165, 1.54) is 0 Å². The van der Waals surface area contributed by atoms with Crippen LogP contribution < -0.4 is 15.8 Å². The fourth-order valence-corrected chi connectivity index (χ4v) is 2.01. The van der Waals surface area contributed by atoms with Gasteiger partial charge in [-0.2, -0.15) is 0 Å². The molecule has 0 aliphatic carbocycles. The average Bonchev–Trinajstić information content (AvgIpc) is 2.42. The number of nitrogens with one attached hydrogen (secondary N) is 1. The largest absolute Gasteiger partial charge is 0.484 e. The van der Waals surface area contributed by atoms with Gasteiger partial charge >= 0.3 is 0 Å². The number of nitrogen functional groups attached to an aromatic ring is 1. The van der Waals surface area contributed by atoms with Gasteiger partial charge in [-0.25, -0.2) is 0 Å². The van der Waals surface area contributed by atoms with Crippen molar-refractivity contribution in [3.8, 4) is 5.75 Å². The second kappa shape index (κ2) is 6.63. The monoisotopic (exact) mass is 354 g/mol. The number of hydrogen-bond acceptors (Lipinski definition) is 3. The van der Waals surface area contributed by atoms with Crippen molar-refractivity contribution in [2.75, 3.05) is 17.7 Å². The molecule has 0 aromatic heterocycles. The van der Waals surface area contributed by atoms with Gasteiger partial charge in [0.2, 0.25) is 0 Å². The van der Waals surface area contributed by atoms with Crippen LogP contribution in [-0.4, -0.2) is 12.5 Å². The summed E-state index contributed by atoms with van der Waals surface area (Å²) in [4.78, 5) is 11.8. The summed E-state index contributed by atoms with van der Waals surface area (Å²) in [5.74, 6) is 0.310. The summed E-state index contributed by atoms with van der Waals surface area (Å²) in [6.07, 6.45) is 0. The molecular formula is C14H12BrClN2O2. The molecular weight excluding hydrogens is 344 g/mol. The summed E-state index contributed by atoms with van der Waals surface area (Å²) >= 11 is 9.21. The van der Waals surface area contributed by atoms with Gasteiger partial charge in [0, 0.05) is 15.2 Å². The number of ether oxygens (including phenoxy) is 1. The highest BCUT2D eigenvalue weighted by molar-refractivity contribution is 9.10. The summed E-state index contributed by atoms with van der Waals surface area (Å²) in [7, 11) is 0. The Labute approximate surface area is 130 Å². The zero-order chi connectivity index (χ0) is 14.5. The Hall–Kier alpha value is -1.72. The molecule has 0 atom stereocenters. The first kappa shape index (κ1) is 14.7. The maximum absolute atomic E-state index is 11.8. The third kappa shape index (κ3) is 4.15. The van der Waals surface area contributed by atoms with Crippen molar-refractivity contribution >= 4 is 44.8 Å². The van der Waals surface area contributed by atoms with Gasteiger partial charge in [-0.05, 0) is 58.4 Å². The first-order chi connectivity index (χ1) is 9.54. The van der Waals surface area contributed by atoms with Gasteiger partial charge in [0.1, 0.15) is 5.75 Å². The zero-order valence-electron chi connectivity index (χ0n) is 10.4. The molecule has 0 aliphatic rings. The molecule has 2 rings (SSSR count). The standard InChI is InChI=1S/C14H12BrClN2O2/c15-12-6-1-9(16)7-13(12)18-14(19)8-20-11-4-2-10(17)3-5-11/h1-7H,8,17H2,(H,18,19). The molecule has 0 saturated carbocycles. The predicted molar refractivity (Wildman–Crippen MR) is 84.1 cm³/mol. The zero-order valence-corrected chi connectivity index (χ0v) is 12.7. The Bertz CT molecular complexity index is 617. The molecule has 0 saturated heterocycles. The van der Waals surface area contributed by atoms with Crippen LogP contribution in [0.2, 0.25) is 5.02 Å². The summed E-state index contributed by atoms with van der Waals surface area (Å²) in [5.41, 5.74) is 6.81. The van der Waals surface area contributed by atoms with Crippen molar-refractivity contribution in [3.05, 3.63) is 52.0 Å². The van der Waals surface area contributed by atoms with Gasteiger partial charge in [0.05, 0.1) is 5.69 Å². The summed E-state index contributed by atoms with van der Waals surface area (Å²) in [5, 5.41) is 3.26. The molecule has 2 aromatic rings. The predicted octanol–water partition coefficient (Wildman–Crippen LogP) is 3.70. The molecule has 0 spiro atoms. The van der Waals surface area contributed by atoms with Crippen LogP contribution in [0.3, 0.4) is 0 Å². The first-order valence-electron chi connectivity index (χ1n) is 5.78. The molecule has 3 N–H and O–H groups in total. The Balaban J connectivity index is 1.92. The van der Waals surface area contributed by atoms with Gasteiger partial charge in [0.25, 0.3) is 5.91 Å². The third-order valence-corrected chi connectivity index (χ3v) is 3.38. The minimum absolute atomic E-state index is 0.0944. The second-order valence-corrected chi connectivity index (χ2v) is 5.32. The highest BCUT2D eigenvalue weighted by atomic mass is 79.9. The Morgan fingerprint density at radius 2 is 1.95 bits per heavy atom. The lowest BCUT2D eigenvalue weighted by Gasteiger charge is -2.09.